The Kier molecular flexibility index (Phi) is 4.39. The Bertz CT molecular complexity index is 645. The van der Waals surface area contributed by atoms with Crippen molar-refractivity contribution in [3.63, 3.8) is 0 Å². The van der Waals surface area contributed by atoms with Gasteiger partial charge in [0.15, 0.2) is 0 Å². The first kappa shape index (κ1) is 15.6. The van der Waals surface area contributed by atoms with Gasteiger partial charge in [0.05, 0.1) is 6.04 Å². The summed E-state index contributed by atoms with van der Waals surface area (Å²) in [6, 6.07) is 7.99. The lowest BCUT2D eigenvalue weighted by Crippen LogP contribution is -2.20. The van der Waals surface area contributed by atoms with Gasteiger partial charge in [0.1, 0.15) is 11.6 Å². The molecule has 0 bridgehead atoms. The molecule has 0 aromatic heterocycles. The van der Waals surface area contributed by atoms with Crippen LogP contribution in [0.15, 0.2) is 42.5 Å². The first-order chi connectivity index (χ1) is 9.78. The minimum absolute atomic E-state index is 0.0318. The number of rotatable bonds is 3. The second-order valence-electron chi connectivity index (χ2n) is 4.23. The van der Waals surface area contributed by atoms with Crippen molar-refractivity contribution in [1.29, 1.82) is 0 Å². The molecule has 0 aliphatic heterocycles. The third-order valence-corrected chi connectivity index (χ3v) is 3.10. The zero-order valence-electron chi connectivity index (χ0n) is 10.5. The van der Waals surface area contributed by atoms with Gasteiger partial charge in [-0.3, -0.25) is 0 Å². The van der Waals surface area contributed by atoms with Crippen LogP contribution in [0.4, 0.5) is 17.6 Å². The Morgan fingerprint density at radius 1 is 1.05 bits per heavy atom. The van der Waals surface area contributed by atoms with Gasteiger partial charge in [-0.25, -0.2) is 4.39 Å². The number of para-hydroxylation sites is 1. The average molecular weight is 320 g/mol. The summed E-state index contributed by atoms with van der Waals surface area (Å²) >= 11 is 5.88. The minimum atomic E-state index is -4.83. The highest BCUT2D eigenvalue weighted by Gasteiger charge is 2.32. The quantitative estimate of drug-likeness (QED) is 0.850. The SMILES string of the molecule is NC(c1ccc(F)cc1Cl)c1ccccc1OC(F)(F)F. The molecule has 21 heavy (non-hydrogen) atoms. The van der Waals surface area contributed by atoms with E-state index in [2.05, 4.69) is 4.74 Å². The molecule has 0 saturated heterocycles. The second kappa shape index (κ2) is 5.91. The van der Waals surface area contributed by atoms with Crippen LogP contribution in [0.3, 0.4) is 0 Å². The third-order valence-electron chi connectivity index (χ3n) is 2.78. The molecule has 0 aliphatic carbocycles. The number of benzene rings is 2. The van der Waals surface area contributed by atoms with Crippen molar-refractivity contribution in [3.8, 4) is 5.75 Å². The van der Waals surface area contributed by atoms with Crippen molar-refractivity contribution in [3.05, 3.63) is 64.4 Å². The van der Waals surface area contributed by atoms with Crippen LogP contribution in [0, 0.1) is 5.82 Å². The molecule has 112 valence electrons. The van der Waals surface area contributed by atoms with Crippen LogP contribution in [-0.4, -0.2) is 6.36 Å². The van der Waals surface area contributed by atoms with Crippen molar-refractivity contribution in [2.75, 3.05) is 0 Å². The van der Waals surface area contributed by atoms with Crippen molar-refractivity contribution in [2.45, 2.75) is 12.4 Å². The number of nitrogens with two attached hydrogens (primary N) is 1. The first-order valence-electron chi connectivity index (χ1n) is 5.83. The van der Waals surface area contributed by atoms with E-state index in [0.29, 0.717) is 5.56 Å². The fourth-order valence-corrected chi connectivity index (χ4v) is 2.16. The summed E-state index contributed by atoms with van der Waals surface area (Å²) in [5.41, 5.74) is 6.34. The summed E-state index contributed by atoms with van der Waals surface area (Å²) in [6.45, 7) is 0. The molecule has 2 N–H and O–H groups in total. The van der Waals surface area contributed by atoms with E-state index in [1.807, 2.05) is 0 Å². The van der Waals surface area contributed by atoms with E-state index < -0.39 is 24.0 Å². The summed E-state index contributed by atoms with van der Waals surface area (Å²) in [4.78, 5) is 0. The van der Waals surface area contributed by atoms with Gasteiger partial charge >= 0.3 is 6.36 Å². The normalized spacial score (nSPS) is 13.0. The molecule has 0 spiro atoms. The maximum atomic E-state index is 13.0. The van der Waals surface area contributed by atoms with E-state index in [9.17, 15) is 17.6 Å². The lowest BCUT2D eigenvalue weighted by Gasteiger charge is -2.19. The Balaban J connectivity index is 2.41. The molecule has 2 rings (SSSR count). The van der Waals surface area contributed by atoms with E-state index >= 15 is 0 Å². The predicted molar refractivity (Wildman–Crippen MR) is 70.6 cm³/mol. The Morgan fingerprint density at radius 2 is 1.71 bits per heavy atom. The van der Waals surface area contributed by atoms with Crippen LogP contribution in [0.25, 0.3) is 0 Å². The zero-order valence-corrected chi connectivity index (χ0v) is 11.3. The summed E-state index contributed by atoms with van der Waals surface area (Å²) in [6.07, 6.45) is -4.83. The Labute approximate surface area is 123 Å². The van der Waals surface area contributed by atoms with Crippen LogP contribution in [0.5, 0.6) is 5.75 Å². The Morgan fingerprint density at radius 3 is 2.33 bits per heavy atom. The van der Waals surface area contributed by atoms with E-state index in [1.165, 1.54) is 24.3 Å². The lowest BCUT2D eigenvalue weighted by atomic mass is 9.98. The molecule has 2 nitrogen and oxygen atoms in total. The zero-order chi connectivity index (χ0) is 15.6. The molecule has 0 radical (unpaired) electrons. The fourth-order valence-electron chi connectivity index (χ4n) is 1.88. The summed E-state index contributed by atoms with van der Waals surface area (Å²) < 4.78 is 54.1. The second-order valence-corrected chi connectivity index (χ2v) is 4.64. The minimum Gasteiger partial charge on any atom is -0.405 e. The molecular weight excluding hydrogens is 310 g/mol. The number of hydrogen-bond donors (Lipinski definition) is 1. The lowest BCUT2D eigenvalue weighted by molar-refractivity contribution is -0.274. The van der Waals surface area contributed by atoms with Crippen molar-refractivity contribution < 1.29 is 22.3 Å². The van der Waals surface area contributed by atoms with Gasteiger partial charge in [0.25, 0.3) is 0 Å². The van der Waals surface area contributed by atoms with Crippen molar-refractivity contribution in [1.82, 2.24) is 0 Å². The number of halogens is 5. The molecule has 2 aromatic rings. The van der Waals surface area contributed by atoms with Crippen LogP contribution in [0.1, 0.15) is 17.2 Å². The highest BCUT2D eigenvalue weighted by molar-refractivity contribution is 6.31. The molecular formula is C14H10ClF4NO. The van der Waals surface area contributed by atoms with Gasteiger partial charge in [0, 0.05) is 10.6 Å². The van der Waals surface area contributed by atoms with Crippen molar-refractivity contribution in [2.24, 2.45) is 5.73 Å². The number of ether oxygens (including phenoxy) is 1. The van der Waals surface area contributed by atoms with Crippen LogP contribution >= 0.6 is 11.6 Å². The molecule has 1 atom stereocenters. The molecule has 0 fully saturated rings. The molecule has 0 saturated carbocycles. The molecule has 0 aliphatic rings. The number of alkyl halides is 3. The highest BCUT2D eigenvalue weighted by atomic mass is 35.5. The van der Waals surface area contributed by atoms with Crippen LogP contribution in [-0.2, 0) is 0 Å². The molecule has 0 heterocycles. The topological polar surface area (TPSA) is 35.2 Å². The van der Waals surface area contributed by atoms with Crippen molar-refractivity contribution >= 4 is 11.6 Å². The third kappa shape index (κ3) is 3.86. The summed E-state index contributed by atoms with van der Waals surface area (Å²) in [5.74, 6) is -0.978. The smallest absolute Gasteiger partial charge is 0.405 e. The summed E-state index contributed by atoms with van der Waals surface area (Å²) in [5, 5.41) is 0.0318. The van der Waals surface area contributed by atoms with Crippen LogP contribution in [0.2, 0.25) is 5.02 Å². The highest BCUT2D eigenvalue weighted by Crippen LogP contribution is 2.34. The van der Waals surface area contributed by atoms with Gasteiger partial charge in [-0.15, -0.1) is 13.2 Å². The van der Waals surface area contributed by atoms with Gasteiger partial charge < -0.3 is 10.5 Å². The van der Waals surface area contributed by atoms with E-state index in [0.717, 1.165) is 18.2 Å². The van der Waals surface area contributed by atoms with Gasteiger partial charge in [-0.1, -0.05) is 35.9 Å². The predicted octanol–water partition coefficient (Wildman–Crippen LogP) is 4.43. The Hall–Kier alpha value is -1.79. The van der Waals surface area contributed by atoms with E-state index in [4.69, 9.17) is 17.3 Å². The molecule has 0 amide bonds. The molecule has 7 heteroatoms. The maximum absolute atomic E-state index is 13.0. The van der Waals surface area contributed by atoms with Gasteiger partial charge in [0.2, 0.25) is 0 Å². The van der Waals surface area contributed by atoms with E-state index in [-0.39, 0.29) is 10.6 Å². The largest absolute Gasteiger partial charge is 0.573 e. The van der Waals surface area contributed by atoms with Gasteiger partial charge in [-0.2, -0.15) is 0 Å². The van der Waals surface area contributed by atoms with E-state index in [1.54, 1.807) is 0 Å². The average Bonchev–Trinajstić information content (AvgIpc) is 2.36. The molecule has 2 aromatic carbocycles. The monoisotopic (exact) mass is 319 g/mol. The first-order valence-corrected chi connectivity index (χ1v) is 6.21. The fraction of sp³-hybridized carbons (Fsp3) is 0.143. The standard InChI is InChI=1S/C14H10ClF4NO/c15-11-7-8(16)5-6-9(11)13(20)10-3-1-2-4-12(10)21-14(17,18)19/h1-7,13H,20H2. The van der Waals surface area contributed by atoms with Gasteiger partial charge in [-0.05, 0) is 23.8 Å². The number of hydrogen-bond acceptors (Lipinski definition) is 2. The van der Waals surface area contributed by atoms with Crippen LogP contribution < -0.4 is 10.5 Å². The summed E-state index contributed by atoms with van der Waals surface area (Å²) in [7, 11) is 0. The maximum Gasteiger partial charge on any atom is 0.573 e. The molecule has 1 unspecified atom stereocenters.